The van der Waals surface area contributed by atoms with Crippen LogP contribution in [0.3, 0.4) is 0 Å². The minimum atomic E-state index is -3.35. The molecule has 35 heavy (non-hydrogen) atoms. The lowest BCUT2D eigenvalue weighted by Gasteiger charge is -2.09. The van der Waals surface area contributed by atoms with E-state index in [0.717, 1.165) is 39.7 Å². The van der Waals surface area contributed by atoms with E-state index in [2.05, 4.69) is 4.72 Å². The topological polar surface area (TPSA) is 79.9 Å². The highest BCUT2D eigenvalue weighted by molar-refractivity contribution is 7.92. The van der Waals surface area contributed by atoms with Crippen molar-refractivity contribution in [2.75, 3.05) is 11.0 Å². The Morgan fingerprint density at radius 3 is 2.23 bits per heavy atom. The number of hydrogen-bond donors (Lipinski definition) is 2. The average Bonchev–Trinajstić information content (AvgIpc) is 3.11. The van der Waals surface area contributed by atoms with Gasteiger partial charge in [0.1, 0.15) is 0 Å². The van der Waals surface area contributed by atoms with Crippen molar-refractivity contribution in [2.45, 2.75) is 6.54 Å². The van der Waals surface area contributed by atoms with Gasteiger partial charge in [0.2, 0.25) is 15.6 Å². The maximum Gasteiger partial charge on any atom is 0.229 e. The number of anilines is 1. The number of rotatable bonds is 6. The van der Waals surface area contributed by atoms with E-state index in [9.17, 15) is 8.42 Å². The van der Waals surface area contributed by atoms with Crippen LogP contribution in [0.25, 0.3) is 27.8 Å². The fraction of sp³-hybridized carbons (Fsp3) is 0.0741. The molecule has 0 atom stereocenters. The van der Waals surface area contributed by atoms with Crippen molar-refractivity contribution in [2.24, 2.45) is 0 Å². The summed E-state index contributed by atoms with van der Waals surface area (Å²) in [5.41, 5.74) is 6.38. The van der Waals surface area contributed by atoms with Crippen molar-refractivity contribution in [3.63, 3.8) is 0 Å². The summed E-state index contributed by atoms with van der Waals surface area (Å²) in [7, 11) is -3.35. The van der Waals surface area contributed by atoms with Gasteiger partial charge in [-0.3, -0.25) is 14.7 Å². The smallest absolute Gasteiger partial charge is 0.229 e. The van der Waals surface area contributed by atoms with Crippen LogP contribution in [-0.4, -0.2) is 23.8 Å². The molecule has 1 aromatic heterocycles. The molecule has 5 rings (SSSR count). The van der Waals surface area contributed by atoms with Gasteiger partial charge in [0.15, 0.2) is 0 Å². The minimum absolute atomic E-state index is 0.346. The number of benzene rings is 4. The SMILES string of the molecule is CS(=O)(=O)Nc1cccc(-c2ccc(-n3c(=N)n(Cc4ccccc4Cl)c4ccccc43)cc2)c1. The van der Waals surface area contributed by atoms with E-state index in [0.29, 0.717) is 22.9 Å². The predicted molar refractivity (Wildman–Crippen MR) is 142 cm³/mol. The molecule has 0 unspecified atom stereocenters. The molecule has 0 fully saturated rings. The summed E-state index contributed by atoms with van der Waals surface area (Å²) in [6.45, 7) is 0.490. The van der Waals surface area contributed by atoms with E-state index < -0.39 is 10.0 Å². The summed E-state index contributed by atoms with van der Waals surface area (Å²) in [6.07, 6.45) is 1.13. The Bertz CT molecular complexity index is 1700. The quantitative estimate of drug-likeness (QED) is 0.314. The molecule has 0 saturated heterocycles. The third-order valence-corrected chi connectivity index (χ3v) is 6.77. The lowest BCUT2D eigenvalue weighted by atomic mass is 10.0. The zero-order valence-corrected chi connectivity index (χ0v) is 20.5. The summed E-state index contributed by atoms with van der Waals surface area (Å²) in [5, 5.41) is 9.65. The highest BCUT2D eigenvalue weighted by atomic mass is 35.5. The Morgan fingerprint density at radius 2 is 1.51 bits per heavy atom. The third kappa shape index (κ3) is 4.73. The number of nitrogens with zero attached hydrogens (tertiary/aromatic N) is 2. The van der Waals surface area contributed by atoms with Gasteiger partial charge < -0.3 is 4.57 Å². The van der Waals surface area contributed by atoms with E-state index in [1.54, 1.807) is 12.1 Å². The minimum Gasteiger partial charge on any atom is -0.306 e. The largest absolute Gasteiger partial charge is 0.306 e. The first-order valence-electron chi connectivity index (χ1n) is 11.0. The van der Waals surface area contributed by atoms with Gasteiger partial charge in [-0.1, -0.05) is 66.2 Å². The van der Waals surface area contributed by atoms with Crippen LogP contribution in [0.2, 0.25) is 5.02 Å². The van der Waals surface area contributed by atoms with E-state index in [1.165, 1.54) is 0 Å². The first-order chi connectivity index (χ1) is 16.8. The maximum atomic E-state index is 11.6. The van der Waals surface area contributed by atoms with Crippen LogP contribution in [0.1, 0.15) is 5.56 Å². The third-order valence-electron chi connectivity index (χ3n) is 5.79. The van der Waals surface area contributed by atoms with Gasteiger partial charge in [0.25, 0.3) is 0 Å². The summed E-state index contributed by atoms with van der Waals surface area (Å²) in [6, 6.07) is 30.8. The maximum absolute atomic E-state index is 11.6. The normalized spacial score (nSPS) is 11.6. The summed E-state index contributed by atoms with van der Waals surface area (Å²) < 4.78 is 29.5. The van der Waals surface area contributed by atoms with E-state index >= 15 is 0 Å². The molecule has 176 valence electrons. The molecule has 4 aromatic carbocycles. The molecule has 6 nitrogen and oxygen atoms in total. The van der Waals surface area contributed by atoms with Crippen molar-refractivity contribution in [1.82, 2.24) is 9.13 Å². The van der Waals surface area contributed by atoms with Crippen molar-refractivity contribution >= 4 is 38.3 Å². The van der Waals surface area contributed by atoms with Gasteiger partial charge >= 0.3 is 0 Å². The second kappa shape index (κ2) is 9.09. The molecule has 8 heteroatoms. The average molecular weight is 503 g/mol. The number of nitrogens with one attached hydrogen (secondary N) is 2. The van der Waals surface area contributed by atoms with Crippen LogP contribution in [-0.2, 0) is 16.6 Å². The molecule has 0 aliphatic heterocycles. The van der Waals surface area contributed by atoms with E-state index in [1.807, 2.05) is 94.1 Å². The Balaban J connectivity index is 1.55. The Hall–Kier alpha value is -3.81. The van der Waals surface area contributed by atoms with Crippen LogP contribution >= 0.6 is 11.6 Å². The molecular weight excluding hydrogens is 480 g/mol. The zero-order chi connectivity index (χ0) is 24.6. The van der Waals surface area contributed by atoms with Crippen LogP contribution < -0.4 is 10.3 Å². The van der Waals surface area contributed by atoms with Gasteiger partial charge in [-0.15, -0.1) is 0 Å². The molecule has 0 amide bonds. The fourth-order valence-electron chi connectivity index (χ4n) is 4.23. The van der Waals surface area contributed by atoms with Crippen molar-refractivity contribution in [3.05, 3.63) is 113 Å². The number of fused-ring (bicyclic) bond motifs is 1. The summed E-state index contributed by atoms with van der Waals surface area (Å²) in [5.74, 6) is 0. The highest BCUT2D eigenvalue weighted by Crippen LogP contribution is 2.26. The van der Waals surface area contributed by atoms with Crippen molar-refractivity contribution < 1.29 is 8.42 Å². The van der Waals surface area contributed by atoms with Gasteiger partial charge in [0.05, 0.1) is 23.8 Å². The fourth-order valence-corrected chi connectivity index (χ4v) is 4.98. The molecule has 0 spiro atoms. The summed E-state index contributed by atoms with van der Waals surface area (Å²) in [4.78, 5) is 0. The van der Waals surface area contributed by atoms with Crippen molar-refractivity contribution in [3.8, 4) is 16.8 Å². The molecule has 0 saturated carbocycles. The lowest BCUT2D eigenvalue weighted by Crippen LogP contribution is -2.24. The van der Waals surface area contributed by atoms with Crippen LogP contribution in [0.5, 0.6) is 0 Å². The number of aromatic nitrogens is 2. The number of para-hydroxylation sites is 2. The monoisotopic (exact) mass is 502 g/mol. The van der Waals surface area contributed by atoms with Gasteiger partial charge in [-0.2, -0.15) is 0 Å². The van der Waals surface area contributed by atoms with Crippen molar-refractivity contribution in [1.29, 1.82) is 5.41 Å². The number of imidazole rings is 1. The first kappa shape index (κ1) is 23.0. The molecule has 2 N–H and O–H groups in total. The standard InChI is InChI=1S/C27H23ClN4O2S/c1-35(33,34)30-22-9-6-8-20(17-22)19-13-15-23(16-14-19)32-26-12-5-4-11-25(26)31(27(32)29)18-21-7-2-3-10-24(21)28/h2-17,29-30H,18H2,1H3. The molecule has 0 radical (unpaired) electrons. The van der Waals surface area contributed by atoms with Crippen LogP contribution in [0, 0.1) is 5.41 Å². The molecule has 0 aliphatic carbocycles. The zero-order valence-electron chi connectivity index (χ0n) is 18.9. The second-order valence-electron chi connectivity index (χ2n) is 8.33. The Morgan fingerprint density at radius 1 is 0.829 bits per heavy atom. The van der Waals surface area contributed by atoms with E-state index in [4.69, 9.17) is 17.0 Å². The molecule has 0 aliphatic rings. The summed E-state index contributed by atoms with van der Waals surface area (Å²) >= 11 is 6.40. The number of hydrogen-bond acceptors (Lipinski definition) is 3. The second-order valence-corrected chi connectivity index (χ2v) is 10.5. The lowest BCUT2D eigenvalue weighted by molar-refractivity contribution is 0.607. The first-order valence-corrected chi connectivity index (χ1v) is 13.2. The molecule has 1 heterocycles. The Labute approximate surface area is 208 Å². The van der Waals surface area contributed by atoms with Gasteiger partial charge in [-0.25, -0.2) is 8.42 Å². The Kier molecular flexibility index (Phi) is 5.96. The number of halogens is 1. The highest BCUT2D eigenvalue weighted by Gasteiger charge is 2.14. The van der Waals surface area contributed by atoms with Crippen LogP contribution in [0.4, 0.5) is 5.69 Å². The predicted octanol–water partition coefficient (Wildman–Crippen LogP) is 5.65. The van der Waals surface area contributed by atoms with Crippen LogP contribution in [0.15, 0.2) is 97.1 Å². The van der Waals surface area contributed by atoms with Gasteiger partial charge in [0, 0.05) is 16.4 Å². The molecule has 0 bridgehead atoms. The number of sulfonamides is 1. The van der Waals surface area contributed by atoms with Gasteiger partial charge in [-0.05, 0) is 59.2 Å². The molecular formula is C27H23ClN4O2S. The van der Waals surface area contributed by atoms with E-state index in [-0.39, 0.29) is 0 Å². The molecule has 5 aromatic rings.